The Morgan fingerprint density at radius 2 is 1.96 bits per heavy atom. The molecule has 2 aromatic carbocycles. The van der Waals surface area contributed by atoms with Crippen LogP contribution in [-0.4, -0.2) is 18.2 Å². The zero-order valence-electron chi connectivity index (χ0n) is 13.9. The molecule has 1 heterocycles. The second-order valence-electron chi connectivity index (χ2n) is 5.46. The number of nitrogens with zero attached hydrogens (tertiary/aromatic N) is 1. The van der Waals surface area contributed by atoms with Crippen molar-refractivity contribution in [2.24, 2.45) is 0 Å². The molecule has 0 atom stereocenters. The van der Waals surface area contributed by atoms with Gasteiger partial charge < -0.3 is 14.8 Å². The average molecular weight is 401 g/mol. The molecule has 1 N–H and O–H groups in total. The number of anilines is 1. The number of halogens is 1. The molecule has 0 radical (unpaired) electrons. The Labute approximate surface area is 154 Å². The Morgan fingerprint density at radius 1 is 1.20 bits per heavy atom. The van der Waals surface area contributed by atoms with Crippen molar-refractivity contribution in [2.75, 3.05) is 12.4 Å². The summed E-state index contributed by atoms with van der Waals surface area (Å²) in [5.74, 6) is 0.369. The van der Waals surface area contributed by atoms with Crippen molar-refractivity contribution in [1.29, 1.82) is 0 Å². The molecule has 0 spiro atoms. The maximum atomic E-state index is 11.7. The van der Waals surface area contributed by atoms with E-state index >= 15 is 0 Å². The van der Waals surface area contributed by atoms with Gasteiger partial charge in [-0.1, -0.05) is 46.3 Å². The summed E-state index contributed by atoms with van der Waals surface area (Å²) in [5.41, 5.74) is 3.24. The van der Waals surface area contributed by atoms with E-state index in [0.717, 1.165) is 20.9 Å². The lowest BCUT2D eigenvalue weighted by Crippen LogP contribution is -2.12. The SMILES string of the molecule is COC(=O)Oc1c(C)nc2ccc(Br)cc2c1NCc1ccccc1. The quantitative estimate of drug-likeness (QED) is 0.619. The molecule has 3 aromatic rings. The summed E-state index contributed by atoms with van der Waals surface area (Å²) in [6, 6.07) is 15.8. The van der Waals surface area contributed by atoms with Gasteiger partial charge in [-0.3, -0.25) is 0 Å². The topological polar surface area (TPSA) is 60.5 Å². The van der Waals surface area contributed by atoms with E-state index in [1.807, 2.05) is 48.5 Å². The number of ether oxygens (including phenoxy) is 2. The number of aryl methyl sites for hydroxylation is 1. The van der Waals surface area contributed by atoms with Crippen LogP contribution in [0.4, 0.5) is 10.5 Å². The minimum Gasteiger partial charge on any atom is -0.437 e. The molecular formula is C19H17BrN2O3. The number of aromatic nitrogens is 1. The van der Waals surface area contributed by atoms with Gasteiger partial charge in [-0.05, 0) is 30.7 Å². The largest absolute Gasteiger partial charge is 0.513 e. The molecule has 0 bridgehead atoms. The van der Waals surface area contributed by atoms with Crippen molar-refractivity contribution >= 4 is 38.7 Å². The summed E-state index contributed by atoms with van der Waals surface area (Å²) in [7, 11) is 1.28. The first kappa shape index (κ1) is 17.2. The summed E-state index contributed by atoms with van der Waals surface area (Å²) >= 11 is 3.48. The number of hydrogen-bond acceptors (Lipinski definition) is 5. The first-order valence-corrected chi connectivity index (χ1v) is 8.51. The lowest BCUT2D eigenvalue weighted by molar-refractivity contribution is 0.121. The molecule has 0 saturated heterocycles. The number of carbonyl (C=O) groups is 1. The number of pyridine rings is 1. The van der Waals surface area contributed by atoms with E-state index in [0.29, 0.717) is 23.7 Å². The number of rotatable bonds is 4. The summed E-state index contributed by atoms with van der Waals surface area (Å²) in [6.07, 6.45) is -0.776. The third kappa shape index (κ3) is 3.91. The molecule has 0 fully saturated rings. The maximum absolute atomic E-state index is 11.7. The van der Waals surface area contributed by atoms with E-state index < -0.39 is 6.16 Å². The summed E-state index contributed by atoms with van der Waals surface area (Å²) in [6.45, 7) is 2.39. The van der Waals surface area contributed by atoms with Gasteiger partial charge in [-0.25, -0.2) is 9.78 Å². The standard InChI is InChI=1S/C19H17BrN2O3/c1-12-18(25-19(23)24-2)17(21-11-13-6-4-3-5-7-13)15-10-14(20)8-9-16(15)22-12/h3-10H,11H2,1-2H3,(H,21,22). The monoisotopic (exact) mass is 400 g/mol. The Balaban J connectivity index is 2.08. The van der Waals surface area contributed by atoms with Gasteiger partial charge in [-0.15, -0.1) is 0 Å². The number of nitrogens with one attached hydrogen (secondary N) is 1. The van der Waals surface area contributed by atoms with Crippen LogP contribution in [0.25, 0.3) is 10.9 Å². The van der Waals surface area contributed by atoms with E-state index in [2.05, 4.69) is 31.0 Å². The Morgan fingerprint density at radius 3 is 2.68 bits per heavy atom. The van der Waals surface area contributed by atoms with Crippen LogP contribution >= 0.6 is 15.9 Å². The van der Waals surface area contributed by atoms with Gasteiger partial charge in [0.1, 0.15) is 0 Å². The van der Waals surface area contributed by atoms with E-state index in [9.17, 15) is 4.79 Å². The number of carbonyl (C=O) groups excluding carboxylic acids is 1. The molecule has 0 aliphatic heterocycles. The lowest BCUT2D eigenvalue weighted by atomic mass is 10.1. The van der Waals surface area contributed by atoms with E-state index in [1.54, 1.807) is 6.92 Å². The molecule has 25 heavy (non-hydrogen) atoms. The van der Waals surface area contributed by atoms with Crippen molar-refractivity contribution < 1.29 is 14.3 Å². The van der Waals surface area contributed by atoms with Gasteiger partial charge in [-0.2, -0.15) is 0 Å². The molecule has 0 amide bonds. The van der Waals surface area contributed by atoms with E-state index in [-0.39, 0.29) is 0 Å². The molecule has 6 heteroatoms. The zero-order chi connectivity index (χ0) is 17.8. The van der Waals surface area contributed by atoms with Gasteiger partial charge in [0.05, 0.1) is 24.0 Å². The minimum absolute atomic E-state index is 0.369. The number of fused-ring (bicyclic) bond motifs is 1. The summed E-state index contributed by atoms with van der Waals surface area (Å²) in [4.78, 5) is 16.2. The highest BCUT2D eigenvalue weighted by Crippen LogP contribution is 2.36. The normalized spacial score (nSPS) is 10.5. The third-order valence-corrected chi connectivity index (χ3v) is 4.23. The third-order valence-electron chi connectivity index (χ3n) is 3.74. The van der Waals surface area contributed by atoms with Crippen molar-refractivity contribution in [1.82, 2.24) is 4.98 Å². The van der Waals surface area contributed by atoms with Gasteiger partial charge >= 0.3 is 6.16 Å². The second kappa shape index (κ2) is 7.53. The molecule has 3 rings (SSSR count). The lowest BCUT2D eigenvalue weighted by Gasteiger charge is -2.16. The summed E-state index contributed by atoms with van der Waals surface area (Å²) in [5, 5.41) is 4.23. The van der Waals surface area contributed by atoms with E-state index in [4.69, 9.17) is 4.74 Å². The predicted molar refractivity (Wildman–Crippen MR) is 101 cm³/mol. The number of methoxy groups -OCH3 is 1. The number of hydrogen-bond donors (Lipinski definition) is 1. The van der Waals surface area contributed by atoms with Gasteiger partial charge in [0.25, 0.3) is 0 Å². The van der Waals surface area contributed by atoms with Crippen LogP contribution in [-0.2, 0) is 11.3 Å². The molecule has 1 aromatic heterocycles. The van der Waals surface area contributed by atoms with Crippen LogP contribution in [0.1, 0.15) is 11.3 Å². The van der Waals surface area contributed by atoms with Crippen molar-refractivity contribution in [3.05, 3.63) is 64.3 Å². The molecule has 128 valence electrons. The van der Waals surface area contributed by atoms with Gasteiger partial charge in [0.2, 0.25) is 0 Å². The van der Waals surface area contributed by atoms with Crippen molar-refractivity contribution in [2.45, 2.75) is 13.5 Å². The molecule has 0 aliphatic rings. The van der Waals surface area contributed by atoms with Gasteiger partial charge in [0, 0.05) is 16.4 Å². The fourth-order valence-corrected chi connectivity index (χ4v) is 2.91. The fourth-order valence-electron chi connectivity index (χ4n) is 2.55. The first-order valence-electron chi connectivity index (χ1n) is 7.72. The average Bonchev–Trinajstić information content (AvgIpc) is 2.62. The molecular weight excluding hydrogens is 384 g/mol. The predicted octanol–water partition coefficient (Wildman–Crippen LogP) is 5.06. The zero-order valence-corrected chi connectivity index (χ0v) is 15.5. The van der Waals surface area contributed by atoms with Crippen LogP contribution in [0.15, 0.2) is 53.0 Å². The molecule has 0 unspecified atom stereocenters. The first-order chi connectivity index (χ1) is 12.1. The van der Waals surface area contributed by atoms with Crippen LogP contribution < -0.4 is 10.1 Å². The highest BCUT2D eigenvalue weighted by molar-refractivity contribution is 9.10. The van der Waals surface area contributed by atoms with Crippen LogP contribution in [0.3, 0.4) is 0 Å². The highest BCUT2D eigenvalue weighted by Gasteiger charge is 2.18. The minimum atomic E-state index is -0.776. The van der Waals surface area contributed by atoms with Crippen molar-refractivity contribution in [3.63, 3.8) is 0 Å². The molecule has 5 nitrogen and oxygen atoms in total. The molecule has 0 saturated carbocycles. The van der Waals surface area contributed by atoms with Crippen LogP contribution in [0, 0.1) is 6.92 Å². The van der Waals surface area contributed by atoms with Crippen LogP contribution in [0.2, 0.25) is 0 Å². The van der Waals surface area contributed by atoms with Crippen LogP contribution in [0.5, 0.6) is 5.75 Å². The molecule has 0 aliphatic carbocycles. The maximum Gasteiger partial charge on any atom is 0.513 e. The highest BCUT2D eigenvalue weighted by atomic mass is 79.9. The summed E-state index contributed by atoms with van der Waals surface area (Å²) < 4.78 is 10.9. The fraction of sp³-hybridized carbons (Fsp3) is 0.158. The Bertz CT molecular complexity index is 913. The van der Waals surface area contributed by atoms with Gasteiger partial charge in [0.15, 0.2) is 5.75 Å². The number of benzene rings is 2. The van der Waals surface area contributed by atoms with Crippen molar-refractivity contribution in [3.8, 4) is 5.75 Å². The Kier molecular flexibility index (Phi) is 5.19. The Hall–Kier alpha value is -2.60. The smallest absolute Gasteiger partial charge is 0.437 e. The van der Waals surface area contributed by atoms with E-state index in [1.165, 1.54) is 7.11 Å². The second-order valence-corrected chi connectivity index (χ2v) is 6.37.